The standard InChI is InChI=1S/C54H86O28/c1-71-32-12-22(4-8-28(32)59)5-10-39(61)74-21-38-44(66)47(69)51(82-54-50(46(68)43(65)37(20-56)79-54)81-40(62)11-6-23-13-33(72-2)41(63)34(14-23)73-3)53(80-38)77-35-18-26-30(75-49(35)24-7-9-27(58)29(60)15-24)16-25(57)17-31(26)76-52-48(70)45(67)42(64)36(19-55)78-52/h5-6,10-11,22-38,41-60,63-70H,4,7-9,12-21H2,1-3H3/t22?,23?,24?,25?,26?,27?,28?,29?,30?,31?,32?,33?,34?,35?,36-,37-,38-,41?,42-,43-,44-,45+,46+,47+,48-,49?,50-,51-,52-,53-,54+/m1/s1. The molecule has 4 aliphatic heterocycles. The summed E-state index contributed by atoms with van der Waals surface area (Å²) < 4.78 is 71.7. The molecule has 0 aromatic heterocycles. The monoisotopic (exact) mass is 1180 g/mol. The van der Waals surface area contributed by atoms with Gasteiger partial charge in [0.05, 0.1) is 80.4 Å². The fourth-order valence-electron chi connectivity index (χ4n) is 13.0. The largest absolute Gasteiger partial charge is 0.460 e. The average molecular weight is 1180 g/mol. The molecule has 0 aromatic rings. The first kappa shape index (κ1) is 65.4. The number of hydrogen-bond donors (Lipinski definition) is 14. The minimum atomic E-state index is -2.06. The van der Waals surface area contributed by atoms with Gasteiger partial charge in [0, 0.05) is 45.8 Å². The summed E-state index contributed by atoms with van der Waals surface area (Å²) in [6.07, 6.45) is -29.9. The van der Waals surface area contributed by atoms with Crippen LogP contribution in [0, 0.1) is 23.7 Å². The summed E-state index contributed by atoms with van der Waals surface area (Å²) in [5.41, 5.74) is 0. The predicted molar refractivity (Wildman–Crippen MR) is 272 cm³/mol. The highest BCUT2D eigenvalue weighted by molar-refractivity contribution is 5.82. The van der Waals surface area contributed by atoms with Crippen molar-refractivity contribution < 1.29 is 138 Å². The highest BCUT2D eigenvalue weighted by Crippen LogP contribution is 2.46. The Bertz CT molecular complexity index is 2060. The summed E-state index contributed by atoms with van der Waals surface area (Å²) in [4.78, 5) is 26.9. The predicted octanol–water partition coefficient (Wildman–Crippen LogP) is -5.18. The van der Waals surface area contributed by atoms with Crippen LogP contribution in [0.15, 0.2) is 24.3 Å². The molecule has 470 valence electrons. The van der Waals surface area contributed by atoms with Crippen LogP contribution in [-0.2, 0) is 66.4 Å². The molecule has 4 saturated carbocycles. The first-order valence-electron chi connectivity index (χ1n) is 28.5. The molecular formula is C54H86O28. The molecule has 29 atom stereocenters. The number of carbonyl (C=O) groups is 2. The Labute approximate surface area is 473 Å². The molecule has 4 saturated heterocycles. The second-order valence-electron chi connectivity index (χ2n) is 23.2. The SMILES string of the molecule is COC1CC(C=CC(=O)OC[C@H]2O[C@@H](OC3CC4C(CC(O)CC4O[C@@H]4O[C@H](CO)[C@@H](O)[C@H](O)[C@H]4O)OC3C3CCC(O)C(O)C3)[C@H](O[C@@H]3O[C@H](CO)[C@@H](O)[C@H](O)[C@H]3OC(=O)C=CC3CC(OC)C(O)C(OC)C3)[C@@H](O)[C@@H]2O)CCC1O. The van der Waals surface area contributed by atoms with Gasteiger partial charge in [-0.25, -0.2) is 9.59 Å². The van der Waals surface area contributed by atoms with Crippen molar-refractivity contribution in [3.63, 3.8) is 0 Å². The lowest BCUT2D eigenvalue weighted by atomic mass is 9.72. The van der Waals surface area contributed by atoms with Gasteiger partial charge in [-0.05, 0) is 82.0 Å². The van der Waals surface area contributed by atoms with Crippen molar-refractivity contribution in [1.29, 1.82) is 0 Å². The maximum absolute atomic E-state index is 13.6. The molecule has 8 aliphatic rings. The Morgan fingerprint density at radius 3 is 1.68 bits per heavy atom. The molecule has 14 N–H and O–H groups in total. The number of rotatable bonds is 19. The normalized spacial score (nSPS) is 48.6. The van der Waals surface area contributed by atoms with Crippen molar-refractivity contribution >= 4 is 11.9 Å². The third kappa shape index (κ3) is 15.2. The lowest BCUT2D eigenvalue weighted by Crippen LogP contribution is -2.66. The smallest absolute Gasteiger partial charge is 0.330 e. The summed E-state index contributed by atoms with van der Waals surface area (Å²) in [6, 6.07) is 0. The van der Waals surface area contributed by atoms with Gasteiger partial charge >= 0.3 is 11.9 Å². The highest BCUT2D eigenvalue weighted by atomic mass is 16.8. The van der Waals surface area contributed by atoms with Crippen molar-refractivity contribution in [2.45, 2.75) is 236 Å². The van der Waals surface area contributed by atoms with E-state index in [2.05, 4.69) is 0 Å². The molecule has 4 aliphatic carbocycles. The zero-order chi connectivity index (χ0) is 59.3. The Morgan fingerprint density at radius 1 is 0.463 bits per heavy atom. The number of aliphatic hydroxyl groups is 14. The van der Waals surface area contributed by atoms with Gasteiger partial charge in [0.1, 0.15) is 79.9 Å². The second kappa shape index (κ2) is 29.4. The molecule has 8 fully saturated rings. The van der Waals surface area contributed by atoms with Crippen LogP contribution in [0.5, 0.6) is 0 Å². The van der Waals surface area contributed by atoms with Gasteiger partial charge < -0.3 is 128 Å². The highest BCUT2D eigenvalue weighted by Gasteiger charge is 2.57. The van der Waals surface area contributed by atoms with Gasteiger partial charge in [-0.2, -0.15) is 0 Å². The summed E-state index contributed by atoms with van der Waals surface area (Å²) in [5.74, 6) is -3.73. The lowest BCUT2D eigenvalue weighted by molar-refractivity contribution is -0.380. The number of carbonyl (C=O) groups excluding carboxylic acids is 2. The summed E-state index contributed by atoms with van der Waals surface area (Å²) in [7, 11) is 4.32. The van der Waals surface area contributed by atoms with Crippen LogP contribution in [0.1, 0.15) is 70.6 Å². The van der Waals surface area contributed by atoms with Crippen molar-refractivity contribution in [3.05, 3.63) is 24.3 Å². The summed E-state index contributed by atoms with van der Waals surface area (Å²) in [5, 5.41) is 153. The van der Waals surface area contributed by atoms with Crippen molar-refractivity contribution in [3.8, 4) is 0 Å². The Hall–Kier alpha value is -2.54. The van der Waals surface area contributed by atoms with Crippen LogP contribution < -0.4 is 0 Å². The van der Waals surface area contributed by atoms with E-state index in [4.69, 9.17) is 56.8 Å². The topological polar surface area (TPSA) is 428 Å². The quantitative estimate of drug-likeness (QED) is 0.0425. The van der Waals surface area contributed by atoms with E-state index in [0.717, 1.165) is 6.08 Å². The van der Waals surface area contributed by atoms with Gasteiger partial charge in [0.25, 0.3) is 0 Å². The average Bonchev–Trinajstić information content (AvgIpc) is 3.47. The van der Waals surface area contributed by atoms with Crippen molar-refractivity contribution in [1.82, 2.24) is 0 Å². The van der Waals surface area contributed by atoms with E-state index in [1.807, 2.05) is 0 Å². The maximum atomic E-state index is 13.6. The van der Waals surface area contributed by atoms with Crippen LogP contribution in [-0.4, -0.2) is 290 Å². The third-order valence-corrected chi connectivity index (χ3v) is 17.9. The first-order chi connectivity index (χ1) is 39.2. The van der Waals surface area contributed by atoms with Crippen LogP contribution in [0.3, 0.4) is 0 Å². The maximum Gasteiger partial charge on any atom is 0.330 e. The second-order valence-corrected chi connectivity index (χ2v) is 23.2. The minimum absolute atomic E-state index is 0.00563. The van der Waals surface area contributed by atoms with Gasteiger partial charge in [-0.3, -0.25) is 0 Å². The molecule has 0 bridgehead atoms. The van der Waals surface area contributed by atoms with Crippen LogP contribution in [0.25, 0.3) is 0 Å². The lowest BCUT2D eigenvalue weighted by Gasteiger charge is -2.53. The zero-order valence-electron chi connectivity index (χ0n) is 46.1. The van der Waals surface area contributed by atoms with E-state index in [-0.39, 0.29) is 43.9 Å². The van der Waals surface area contributed by atoms with Crippen LogP contribution in [0.2, 0.25) is 0 Å². The molecule has 4 heterocycles. The minimum Gasteiger partial charge on any atom is -0.460 e. The molecule has 14 unspecified atom stereocenters. The number of methoxy groups -OCH3 is 3. The molecular weight excluding hydrogens is 1100 g/mol. The number of fused-ring (bicyclic) bond motifs is 1. The summed E-state index contributed by atoms with van der Waals surface area (Å²) in [6.45, 7) is -2.34. The third-order valence-electron chi connectivity index (χ3n) is 17.9. The zero-order valence-corrected chi connectivity index (χ0v) is 46.1. The van der Waals surface area contributed by atoms with Gasteiger partial charge in [-0.1, -0.05) is 12.2 Å². The molecule has 0 spiro atoms. The van der Waals surface area contributed by atoms with Gasteiger partial charge in [0.2, 0.25) is 0 Å². The number of aliphatic hydroxyl groups excluding tert-OH is 14. The van der Waals surface area contributed by atoms with E-state index in [1.165, 1.54) is 33.5 Å². The fraction of sp³-hybridized carbons (Fsp3) is 0.889. The van der Waals surface area contributed by atoms with E-state index >= 15 is 0 Å². The molecule has 28 nitrogen and oxygen atoms in total. The Morgan fingerprint density at radius 2 is 1.02 bits per heavy atom. The van der Waals surface area contributed by atoms with Gasteiger partial charge in [0.15, 0.2) is 25.0 Å². The number of hydrogen-bond acceptors (Lipinski definition) is 28. The Balaban J connectivity index is 1.09. The van der Waals surface area contributed by atoms with Crippen LogP contribution in [0.4, 0.5) is 0 Å². The van der Waals surface area contributed by atoms with Crippen molar-refractivity contribution in [2.24, 2.45) is 23.7 Å². The number of ether oxygens (including phenoxy) is 12. The molecule has 0 aromatic carbocycles. The van der Waals surface area contributed by atoms with Crippen LogP contribution >= 0.6 is 0 Å². The van der Waals surface area contributed by atoms with Gasteiger partial charge in [-0.15, -0.1) is 0 Å². The molecule has 28 heteroatoms. The van der Waals surface area contributed by atoms with Crippen molar-refractivity contribution in [2.75, 3.05) is 41.2 Å². The fourth-order valence-corrected chi connectivity index (χ4v) is 13.0. The molecule has 0 radical (unpaired) electrons. The molecule has 0 amide bonds. The first-order valence-corrected chi connectivity index (χ1v) is 28.5. The van der Waals surface area contributed by atoms with E-state index in [0.29, 0.717) is 38.5 Å². The molecule has 82 heavy (non-hydrogen) atoms. The summed E-state index contributed by atoms with van der Waals surface area (Å²) >= 11 is 0. The van der Waals surface area contributed by atoms with E-state index in [1.54, 1.807) is 6.08 Å². The van der Waals surface area contributed by atoms with E-state index < -0.39 is 209 Å². The number of allylic oxidation sites excluding steroid dienone is 2. The number of esters is 2. The molecule has 8 rings (SSSR count). The van der Waals surface area contributed by atoms with E-state index in [9.17, 15) is 81.1 Å². The Kier molecular flexibility index (Phi) is 23.5.